The minimum Gasteiger partial charge on any atom is -0.444 e. The van der Waals surface area contributed by atoms with Gasteiger partial charge in [0.2, 0.25) is 5.89 Å². The van der Waals surface area contributed by atoms with Crippen molar-refractivity contribution in [2.45, 2.75) is 6.54 Å². The van der Waals surface area contributed by atoms with Gasteiger partial charge in [-0.15, -0.1) is 0 Å². The average molecular weight is 356 g/mol. The fourth-order valence-corrected chi connectivity index (χ4v) is 2.74. The molecule has 4 aromatic rings. The Hall–Kier alpha value is -2.99. The molecule has 124 valence electrons. The number of hydrogen-bond acceptors (Lipinski definition) is 4. The van der Waals surface area contributed by atoms with Crippen LogP contribution in [0.4, 0.5) is 4.39 Å². The third-order valence-corrected chi connectivity index (χ3v) is 3.98. The smallest absolute Gasteiger partial charge is 0.261 e. The lowest BCUT2D eigenvalue weighted by molar-refractivity contribution is 0.571. The Labute approximate surface area is 146 Å². The first-order valence-corrected chi connectivity index (χ1v) is 7.83. The van der Waals surface area contributed by atoms with Gasteiger partial charge in [-0.25, -0.2) is 14.4 Å². The van der Waals surface area contributed by atoms with E-state index in [0.717, 1.165) is 5.56 Å². The van der Waals surface area contributed by atoms with Crippen molar-refractivity contribution in [1.82, 2.24) is 14.5 Å². The van der Waals surface area contributed by atoms with E-state index in [1.54, 1.807) is 18.2 Å². The van der Waals surface area contributed by atoms with Crippen LogP contribution in [0, 0.1) is 5.82 Å². The molecule has 2 heterocycles. The van der Waals surface area contributed by atoms with Crippen LogP contribution in [0.15, 0.2) is 64.3 Å². The molecule has 0 aliphatic carbocycles. The molecule has 0 bridgehead atoms. The van der Waals surface area contributed by atoms with Crippen molar-refractivity contribution in [2.75, 3.05) is 0 Å². The molecule has 0 spiro atoms. The largest absolute Gasteiger partial charge is 0.444 e. The predicted molar refractivity (Wildman–Crippen MR) is 92.0 cm³/mol. The third-order valence-electron chi connectivity index (χ3n) is 3.74. The molecule has 0 unspecified atom stereocenters. The summed E-state index contributed by atoms with van der Waals surface area (Å²) in [6.45, 7) is 0.198. The molecule has 0 aliphatic heterocycles. The van der Waals surface area contributed by atoms with Gasteiger partial charge in [-0.1, -0.05) is 17.7 Å². The summed E-state index contributed by atoms with van der Waals surface area (Å²) < 4.78 is 20.1. The predicted octanol–water partition coefficient (Wildman–Crippen LogP) is 3.89. The molecule has 7 heteroatoms. The molecule has 0 atom stereocenters. The first kappa shape index (κ1) is 15.5. The Morgan fingerprint density at radius 3 is 2.92 bits per heavy atom. The first-order valence-electron chi connectivity index (χ1n) is 7.45. The summed E-state index contributed by atoms with van der Waals surface area (Å²) in [7, 11) is 0. The highest BCUT2D eigenvalue weighted by molar-refractivity contribution is 6.30. The zero-order valence-electron chi connectivity index (χ0n) is 12.8. The average Bonchev–Trinajstić information content (AvgIpc) is 3.06. The van der Waals surface area contributed by atoms with Crippen LogP contribution in [0.5, 0.6) is 0 Å². The van der Waals surface area contributed by atoms with Crippen LogP contribution >= 0.6 is 11.6 Å². The molecule has 0 amide bonds. The van der Waals surface area contributed by atoms with Crippen LogP contribution in [0.1, 0.15) is 5.69 Å². The van der Waals surface area contributed by atoms with Gasteiger partial charge in [0.1, 0.15) is 12.1 Å². The quantitative estimate of drug-likeness (QED) is 0.559. The Bertz CT molecular complexity index is 1140. The summed E-state index contributed by atoms with van der Waals surface area (Å²) in [6.07, 6.45) is 2.86. The Morgan fingerprint density at radius 1 is 1.20 bits per heavy atom. The van der Waals surface area contributed by atoms with E-state index >= 15 is 0 Å². The Kier molecular flexibility index (Phi) is 3.82. The first-order chi connectivity index (χ1) is 12.1. The maximum atomic E-state index is 13.2. The van der Waals surface area contributed by atoms with Gasteiger partial charge in [0.25, 0.3) is 5.56 Å². The summed E-state index contributed by atoms with van der Waals surface area (Å²) in [5.74, 6) is -0.0128. The topological polar surface area (TPSA) is 60.9 Å². The van der Waals surface area contributed by atoms with Crippen LogP contribution in [-0.2, 0) is 6.54 Å². The zero-order chi connectivity index (χ0) is 17.4. The van der Waals surface area contributed by atoms with Gasteiger partial charge in [-0.3, -0.25) is 9.36 Å². The lowest BCUT2D eigenvalue weighted by atomic mass is 10.2. The monoisotopic (exact) mass is 355 g/mol. The van der Waals surface area contributed by atoms with Crippen LogP contribution < -0.4 is 5.56 Å². The van der Waals surface area contributed by atoms with E-state index in [0.29, 0.717) is 27.5 Å². The zero-order valence-corrected chi connectivity index (χ0v) is 13.6. The van der Waals surface area contributed by atoms with Crippen molar-refractivity contribution in [3.63, 3.8) is 0 Å². The molecule has 0 N–H and O–H groups in total. The molecule has 2 aromatic heterocycles. The summed E-state index contributed by atoms with van der Waals surface area (Å²) in [5, 5.41) is 0.932. The van der Waals surface area contributed by atoms with E-state index in [4.69, 9.17) is 16.0 Å². The molecular formula is C18H11ClFN3O2. The number of rotatable bonds is 3. The second-order valence-corrected chi connectivity index (χ2v) is 5.93. The van der Waals surface area contributed by atoms with Crippen molar-refractivity contribution < 1.29 is 8.81 Å². The lowest BCUT2D eigenvalue weighted by Gasteiger charge is -2.04. The molecule has 2 aromatic carbocycles. The van der Waals surface area contributed by atoms with Crippen molar-refractivity contribution >= 4 is 22.5 Å². The molecule has 4 rings (SSSR count). The summed E-state index contributed by atoms with van der Waals surface area (Å²) >= 11 is 5.97. The Morgan fingerprint density at radius 2 is 2.08 bits per heavy atom. The molecule has 0 saturated heterocycles. The number of oxazole rings is 1. The molecule has 25 heavy (non-hydrogen) atoms. The summed E-state index contributed by atoms with van der Waals surface area (Å²) in [4.78, 5) is 21.0. The fraction of sp³-hybridized carbons (Fsp3) is 0.0556. The van der Waals surface area contributed by atoms with Gasteiger partial charge in [0.05, 0.1) is 29.5 Å². The van der Waals surface area contributed by atoms with E-state index in [-0.39, 0.29) is 12.1 Å². The van der Waals surface area contributed by atoms with Crippen molar-refractivity contribution in [3.05, 3.63) is 81.9 Å². The maximum Gasteiger partial charge on any atom is 0.261 e. The molecule has 0 saturated carbocycles. The molecule has 0 radical (unpaired) electrons. The van der Waals surface area contributed by atoms with Gasteiger partial charge in [-0.2, -0.15) is 0 Å². The highest BCUT2D eigenvalue weighted by Crippen LogP contribution is 2.22. The summed E-state index contributed by atoms with van der Waals surface area (Å²) in [6, 6.07) is 11.0. The van der Waals surface area contributed by atoms with Crippen LogP contribution in [0.25, 0.3) is 22.4 Å². The number of benzene rings is 2. The summed E-state index contributed by atoms with van der Waals surface area (Å²) in [5.41, 5.74) is 1.37. The third kappa shape index (κ3) is 3.04. The lowest BCUT2D eigenvalue weighted by Crippen LogP contribution is -2.21. The molecule has 5 nitrogen and oxygen atoms in total. The fourth-order valence-electron chi connectivity index (χ4n) is 2.55. The highest BCUT2D eigenvalue weighted by atomic mass is 35.5. The number of aromatic nitrogens is 3. The van der Waals surface area contributed by atoms with Gasteiger partial charge in [0, 0.05) is 16.7 Å². The van der Waals surface area contributed by atoms with Gasteiger partial charge in [0.15, 0.2) is 0 Å². The number of halogens is 2. The van der Waals surface area contributed by atoms with Crippen LogP contribution in [0.3, 0.4) is 0 Å². The van der Waals surface area contributed by atoms with Crippen molar-refractivity contribution in [3.8, 4) is 11.5 Å². The van der Waals surface area contributed by atoms with Gasteiger partial charge in [-0.05, 0) is 30.3 Å². The van der Waals surface area contributed by atoms with E-state index < -0.39 is 5.82 Å². The van der Waals surface area contributed by atoms with E-state index in [2.05, 4.69) is 9.97 Å². The second kappa shape index (κ2) is 6.14. The molecule has 0 aliphatic rings. The van der Waals surface area contributed by atoms with E-state index in [9.17, 15) is 9.18 Å². The van der Waals surface area contributed by atoms with Crippen LogP contribution in [0.2, 0.25) is 5.02 Å². The van der Waals surface area contributed by atoms with Crippen LogP contribution in [-0.4, -0.2) is 14.5 Å². The van der Waals surface area contributed by atoms with E-state index in [1.165, 1.54) is 35.4 Å². The second-order valence-electron chi connectivity index (χ2n) is 5.49. The number of hydrogen-bond donors (Lipinski definition) is 0. The van der Waals surface area contributed by atoms with Crippen molar-refractivity contribution in [1.29, 1.82) is 0 Å². The maximum absolute atomic E-state index is 13.2. The molecular weight excluding hydrogens is 345 g/mol. The standard InChI is InChI=1S/C18H11ClFN3O2/c19-12-3-1-2-11(6-12)17-22-14(9-25-17)8-23-10-21-16-7-13(20)4-5-15(16)18(23)24/h1-7,9-10H,8H2. The molecule has 0 fully saturated rings. The van der Waals surface area contributed by atoms with E-state index in [1.807, 2.05) is 6.07 Å². The minimum absolute atomic E-state index is 0.198. The minimum atomic E-state index is -0.431. The van der Waals surface area contributed by atoms with Gasteiger partial charge < -0.3 is 4.42 Å². The van der Waals surface area contributed by atoms with Crippen molar-refractivity contribution in [2.24, 2.45) is 0 Å². The number of fused-ring (bicyclic) bond motifs is 1. The number of nitrogens with zero attached hydrogens (tertiary/aromatic N) is 3. The normalized spacial score (nSPS) is 11.1. The van der Waals surface area contributed by atoms with Gasteiger partial charge >= 0.3 is 0 Å². The highest BCUT2D eigenvalue weighted by Gasteiger charge is 2.10. The SMILES string of the molecule is O=c1c2ccc(F)cc2ncn1Cc1coc(-c2cccc(Cl)c2)n1. The Balaban J connectivity index is 1.67.